The summed E-state index contributed by atoms with van der Waals surface area (Å²) < 4.78 is 4.92. The van der Waals surface area contributed by atoms with Gasteiger partial charge in [-0.2, -0.15) is 0 Å². The molecule has 1 aliphatic heterocycles. The van der Waals surface area contributed by atoms with E-state index < -0.39 is 0 Å². The largest absolute Gasteiger partial charge is 0.389 e. The third-order valence-corrected chi connectivity index (χ3v) is 3.08. The van der Waals surface area contributed by atoms with Crippen molar-refractivity contribution in [1.29, 1.82) is 0 Å². The summed E-state index contributed by atoms with van der Waals surface area (Å²) >= 11 is 0. The summed E-state index contributed by atoms with van der Waals surface area (Å²) in [5.41, 5.74) is 0. The molecular weight excluding hydrogens is 178 g/mol. The molecule has 0 spiro atoms. The lowest BCUT2D eigenvalue weighted by molar-refractivity contribution is 0.0153. The first kappa shape index (κ1) is 12.0. The fourth-order valence-electron chi connectivity index (χ4n) is 2.24. The van der Waals surface area contributed by atoms with E-state index in [2.05, 4.69) is 18.7 Å². The van der Waals surface area contributed by atoms with Crippen LogP contribution in [0.2, 0.25) is 0 Å². The van der Waals surface area contributed by atoms with Gasteiger partial charge >= 0.3 is 0 Å². The molecule has 84 valence electrons. The van der Waals surface area contributed by atoms with E-state index in [4.69, 9.17) is 4.74 Å². The molecule has 0 aliphatic carbocycles. The van der Waals surface area contributed by atoms with Crippen LogP contribution in [0.4, 0.5) is 0 Å². The lowest BCUT2D eigenvalue weighted by Crippen LogP contribution is -2.45. The molecule has 0 radical (unpaired) electrons. The maximum Gasteiger partial charge on any atom is 0.0900 e. The second-order valence-electron chi connectivity index (χ2n) is 4.58. The van der Waals surface area contributed by atoms with Crippen LogP contribution in [0.15, 0.2) is 0 Å². The Labute approximate surface area is 87.1 Å². The van der Waals surface area contributed by atoms with Gasteiger partial charge in [-0.05, 0) is 32.2 Å². The number of hydrogen-bond acceptors (Lipinski definition) is 3. The highest BCUT2D eigenvalue weighted by Crippen LogP contribution is 2.21. The van der Waals surface area contributed by atoms with Crippen LogP contribution in [0.3, 0.4) is 0 Å². The Morgan fingerprint density at radius 3 is 2.79 bits per heavy atom. The van der Waals surface area contributed by atoms with Gasteiger partial charge in [-0.1, -0.05) is 6.92 Å². The van der Waals surface area contributed by atoms with Gasteiger partial charge in [0.1, 0.15) is 0 Å². The fourth-order valence-corrected chi connectivity index (χ4v) is 2.24. The summed E-state index contributed by atoms with van der Waals surface area (Å²) in [7, 11) is 1.63. The molecule has 0 aromatic heterocycles. The number of nitrogens with zero attached hydrogens (tertiary/aromatic N) is 1. The van der Waals surface area contributed by atoms with E-state index >= 15 is 0 Å². The van der Waals surface area contributed by atoms with E-state index in [1.54, 1.807) is 7.11 Å². The Morgan fingerprint density at radius 1 is 1.50 bits per heavy atom. The molecule has 1 heterocycles. The minimum Gasteiger partial charge on any atom is -0.389 e. The monoisotopic (exact) mass is 201 g/mol. The first-order valence-electron chi connectivity index (χ1n) is 5.54. The maximum absolute atomic E-state index is 9.62. The van der Waals surface area contributed by atoms with Crippen molar-refractivity contribution in [2.75, 3.05) is 26.8 Å². The van der Waals surface area contributed by atoms with Crippen molar-refractivity contribution in [2.24, 2.45) is 5.92 Å². The molecule has 3 heteroatoms. The van der Waals surface area contributed by atoms with Crippen LogP contribution in [-0.2, 0) is 4.74 Å². The van der Waals surface area contributed by atoms with Gasteiger partial charge in [0.15, 0.2) is 0 Å². The number of piperidine rings is 1. The molecule has 0 amide bonds. The van der Waals surface area contributed by atoms with Gasteiger partial charge < -0.3 is 9.84 Å². The summed E-state index contributed by atoms with van der Waals surface area (Å²) in [5, 5.41) is 9.62. The smallest absolute Gasteiger partial charge is 0.0900 e. The molecule has 0 aromatic rings. The number of methoxy groups -OCH3 is 1. The number of likely N-dealkylation sites (tertiary alicyclic amines) is 1. The minimum atomic E-state index is -0.337. The fraction of sp³-hybridized carbons (Fsp3) is 1.00. The van der Waals surface area contributed by atoms with Crippen LogP contribution in [0.25, 0.3) is 0 Å². The standard InChI is InChI=1S/C11H23NO2/c1-9-4-5-12(10(2)6-9)7-11(13)8-14-3/h9-11,13H,4-8H2,1-3H3. The van der Waals surface area contributed by atoms with Crippen LogP contribution in [0.5, 0.6) is 0 Å². The molecule has 1 aliphatic rings. The van der Waals surface area contributed by atoms with Gasteiger partial charge in [0.2, 0.25) is 0 Å². The van der Waals surface area contributed by atoms with Crippen molar-refractivity contribution < 1.29 is 9.84 Å². The molecule has 1 fully saturated rings. The van der Waals surface area contributed by atoms with E-state index in [0.717, 1.165) is 19.0 Å². The van der Waals surface area contributed by atoms with Gasteiger partial charge in [-0.15, -0.1) is 0 Å². The molecule has 3 unspecified atom stereocenters. The second-order valence-corrected chi connectivity index (χ2v) is 4.58. The molecular formula is C11H23NO2. The third-order valence-electron chi connectivity index (χ3n) is 3.08. The Hall–Kier alpha value is -0.120. The average molecular weight is 201 g/mol. The molecule has 14 heavy (non-hydrogen) atoms. The van der Waals surface area contributed by atoms with Crippen LogP contribution < -0.4 is 0 Å². The highest BCUT2D eigenvalue weighted by Gasteiger charge is 2.24. The Kier molecular flexibility index (Phi) is 4.85. The predicted molar refractivity (Wildman–Crippen MR) is 57.3 cm³/mol. The van der Waals surface area contributed by atoms with Crippen LogP contribution >= 0.6 is 0 Å². The summed E-state index contributed by atoms with van der Waals surface area (Å²) in [6.45, 7) is 6.86. The minimum absolute atomic E-state index is 0.337. The summed E-state index contributed by atoms with van der Waals surface area (Å²) in [6.07, 6.45) is 2.17. The number of rotatable bonds is 4. The van der Waals surface area contributed by atoms with Gasteiger partial charge in [0.05, 0.1) is 12.7 Å². The zero-order valence-corrected chi connectivity index (χ0v) is 9.57. The highest BCUT2D eigenvalue weighted by atomic mass is 16.5. The topological polar surface area (TPSA) is 32.7 Å². The maximum atomic E-state index is 9.62. The highest BCUT2D eigenvalue weighted by molar-refractivity contribution is 4.78. The molecule has 1 saturated heterocycles. The normalized spacial score (nSPS) is 31.7. The van der Waals surface area contributed by atoms with Crippen LogP contribution in [0, 0.1) is 5.92 Å². The van der Waals surface area contributed by atoms with E-state index in [1.165, 1.54) is 12.8 Å². The summed E-state index contributed by atoms with van der Waals surface area (Å²) in [5.74, 6) is 0.834. The van der Waals surface area contributed by atoms with Crippen molar-refractivity contribution in [2.45, 2.75) is 38.8 Å². The van der Waals surface area contributed by atoms with Gasteiger partial charge in [0.25, 0.3) is 0 Å². The number of β-amino-alcohol motifs (C(OH)–C–C–N with tert-alkyl or cyclic N) is 1. The molecule has 3 atom stereocenters. The predicted octanol–water partition coefficient (Wildman–Crippen LogP) is 1.11. The van der Waals surface area contributed by atoms with Crippen LogP contribution in [0.1, 0.15) is 26.7 Å². The number of hydrogen-bond donors (Lipinski definition) is 1. The van der Waals surface area contributed by atoms with Crippen molar-refractivity contribution in [1.82, 2.24) is 4.90 Å². The second kappa shape index (κ2) is 5.69. The van der Waals surface area contributed by atoms with Crippen molar-refractivity contribution >= 4 is 0 Å². The van der Waals surface area contributed by atoms with Crippen molar-refractivity contribution in [3.05, 3.63) is 0 Å². The lowest BCUT2D eigenvalue weighted by atomic mass is 9.93. The molecule has 3 nitrogen and oxygen atoms in total. The number of aliphatic hydroxyl groups is 1. The Balaban J connectivity index is 2.29. The number of aliphatic hydroxyl groups excluding tert-OH is 1. The molecule has 1 rings (SSSR count). The molecule has 0 bridgehead atoms. The first-order valence-corrected chi connectivity index (χ1v) is 5.54. The first-order chi connectivity index (χ1) is 6.63. The lowest BCUT2D eigenvalue weighted by Gasteiger charge is -2.37. The van der Waals surface area contributed by atoms with Crippen LogP contribution in [-0.4, -0.2) is 49.0 Å². The third kappa shape index (κ3) is 3.56. The van der Waals surface area contributed by atoms with Gasteiger partial charge in [-0.25, -0.2) is 0 Å². The summed E-state index contributed by atoms with van der Waals surface area (Å²) in [4.78, 5) is 2.36. The van der Waals surface area contributed by atoms with E-state index in [1.807, 2.05) is 0 Å². The summed E-state index contributed by atoms with van der Waals surface area (Å²) in [6, 6.07) is 0.602. The zero-order chi connectivity index (χ0) is 10.6. The SMILES string of the molecule is COCC(O)CN1CCC(C)CC1C. The van der Waals surface area contributed by atoms with Crippen molar-refractivity contribution in [3.8, 4) is 0 Å². The zero-order valence-electron chi connectivity index (χ0n) is 9.57. The van der Waals surface area contributed by atoms with Crippen molar-refractivity contribution in [3.63, 3.8) is 0 Å². The van der Waals surface area contributed by atoms with Gasteiger partial charge in [-0.3, -0.25) is 4.90 Å². The Morgan fingerprint density at radius 2 is 2.21 bits per heavy atom. The van der Waals surface area contributed by atoms with Gasteiger partial charge in [0, 0.05) is 19.7 Å². The van der Waals surface area contributed by atoms with E-state index in [0.29, 0.717) is 12.6 Å². The van der Waals surface area contributed by atoms with E-state index in [-0.39, 0.29) is 6.10 Å². The molecule has 1 N–H and O–H groups in total. The average Bonchev–Trinajstić information content (AvgIpc) is 2.10. The number of ether oxygens (including phenoxy) is 1. The molecule has 0 aromatic carbocycles. The Bertz CT molecular complexity index is 163. The quantitative estimate of drug-likeness (QED) is 0.739. The van der Waals surface area contributed by atoms with E-state index in [9.17, 15) is 5.11 Å². The molecule has 0 saturated carbocycles.